The lowest BCUT2D eigenvalue weighted by molar-refractivity contribution is -0.142. The Morgan fingerprint density at radius 2 is 1.45 bits per heavy atom. The summed E-state index contributed by atoms with van der Waals surface area (Å²) in [5.41, 5.74) is 1.75. The van der Waals surface area contributed by atoms with Gasteiger partial charge in [0.25, 0.3) is 0 Å². The number of carbonyl (C=O) groups is 1. The van der Waals surface area contributed by atoms with Crippen LogP contribution in [0.4, 0.5) is 5.69 Å². The number of sulfonamides is 1. The Balaban J connectivity index is 1.78. The van der Waals surface area contributed by atoms with Gasteiger partial charge in [-0.2, -0.15) is 5.26 Å². The fourth-order valence-corrected chi connectivity index (χ4v) is 4.69. The molecule has 3 aromatic rings. The van der Waals surface area contributed by atoms with Crippen LogP contribution in [0.25, 0.3) is 0 Å². The molecule has 0 saturated heterocycles. The number of para-hydroxylation sites is 1. The summed E-state index contributed by atoms with van der Waals surface area (Å²) < 4.78 is 31.2. The lowest BCUT2D eigenvalue weighted by Gasteiger charge is -2.28. The largest absolute Gasteiger partial charge is 0.464 e. The van der Waals surface area contributed by atoms with Crippen LogP contribution < -0.4 is 4.31 Å². The Labute approximate surface area is 195 Å². The highest BCUT2D eigenvalue weighted by Gasteiger charge is 2.35. The van der Waals surface area contributed by atoms with Crippen molar-refractivity contribution in [3.05, 3.63) is 102 Å². The highest BCUT2D eigenvalue weighted by atomic mass is 32.2. The summed E-state index contributed by atoms with van der Waals surface area (Å²) in [6.45, 7) is 1.29. The van der Waals surface area contributed by atoms with Gasteiger partial charge in [-0.25, -0.2) is 8.42 Å². The van der Waals surface area contributed by atoms with E-state index in [0.29, 0.717) is 5.69 Å². The van der Waals surface area contributed by atoms with Crippen molar-refractivity contribution in [2.45, 2.75) is 18.8 Å². The fourth-order valence-electron chi connectivity index (χ4n) is 3.79. The van der Waals surface area contributed by atoms with Gasteiger partial charge in [0, 0.05) is 6.42 Å². The maximum Gasteiger partial charge on any atom is 0.326 e. The summed E-state index contributed by atoms with van der Waals surface area (Å²) in [5.74, 6) is -0.684. The minimum Gasteiger partial charge on any atom is -0.464 e. The number of hydrogen-bond acceptors (Lipinski definition) is 5. The van der Waals surface area contributed by atoms with Gasteiger partial charge in [-0.3, -0.25) is 9.10 Å². The van der Waals surface area contributed by atoms with Crippen LogP contribution in [0.5, 0.6) is 0 Å². The van der Waals surface area contributed by atoms with Crippen LogP contribution in [0.1, 0.15) is 23.1 Å². The average Bonchev–Trinajstić information content (AvgIpc) is 2.81. The molecule has 0 bridgehead atoms. The standard InChI is InChI=1S/C26H26N2O4S/c1-21-11-9-10-16-24(21)28(33(2,30)31)19-25(29)32-18-17-26(20-27,22-12-5-3-6-13-22)23-14-7-4-8-15-23/h3-16H,17-19H2,1-2H3. The van der Waals surface area contributed by atoms with Crippen LogP contribution in [-0.2, 0) is 25.0 Å². The zero-order chi connectivity index (χ0) is 23.9. The zero-order valence-corrected chi connectivity index (χ0v) is 19.5. The van der Waals surface area contributed by atoms with Crippen molar-refractivity contribution in [2.75, 3.05) is 23.7 Å². The summed E-state index contributed by atoms with van der Waals surface area (Å²) in [6, 6.07) is 28.1. The molecule has 0 aliphatic rings. The number of aryl methyl sites for hydroxylation is 1. The summed E-state index contributed by atoms with van der Waals surface area (Å²) in [7, 11) is -3.70. The quantitative estimate of drug-likeness (QED) is 0.445. The molecule has 0 radical (unpaired) electrons. The molecule has 0 aliphatic carbocycles. The molecule has 0 spiro atoms. The van der Waals surface area contributed by atoms with Gasteiger partial charge in [0.1, 0.15) is 12.0 Å². The minimum atomic E-state index is -3.70. The molecule has 3 aromatic carbocycles. The molecule has 0 saturated carbocycles. The number of hydrogen-bond donors (Lipinski definition) is 0. The summed E-state index contributed by atoms with van der Waals surface area (Å²) in [4.78, 5) is 12.6. The van der Waals surface area contributed by atoms with E-state index in [1.807, 2.05) is 60.7 Å². The van der Waals surface area contributed by atoms with E-state index >= 15 is 0 Å². The van der Waals surface area contributed by atoms with Crippen molar-refractivity contribution in [3.8, 4) is 6.07 Å². The van der Waals surface area contributed by atoms with Crippen molar-refractivity contribution in [2.24, 2.45) is 0 Å². The molecule has 0 aromatic heterocycles. The highest BCUT2D eigenvalue weighted by molar-refractivity contribution is 7.92. The molecule has 6 nitrogen and oxygen atoms in total. The number of nitrogens with zero attached hydrogens (tertiary/aromatic N) is 2. The van der Waals surface area contributed by atoms with E-state index in [4.69, 9.17) is 4.74 Å². The molecular weight excluding hydrogens is 436 g/mol. The van der Waals surface area contributed by atoms with E-state index in [-0.39, 0.29) is 13.0 Å². The molecule has 3 rings (SSSR count). The number of esters is 1. The minimum absolute atomic E-state index is 0.0401. The van der Waals surface area contributed by atoms with Gasteiger partial charge in [-0.05, 0) is 29.7 Å². The second-order valence-electron chi connectivity index (χ2n) is 7.78. The maximum atomic E-state index is 12.6. The Hall–Kier alpha value is -3.63. The molecule has 7 heteroatoms. The third-order valence-electron chi connectivity index (χ3n) is 5.52. The number of rotatable bonds is 9. The van der Waals surface area contributed by atoms with Crippen molar-refractivity contribution < 1.29 is 17.9 Å². The van der Waals surface area contributed by atoms with Crippen LogP contribution in [-0.4, -0.2) is 33.8 Å². The molecule has 170 valence electrons. The first kappa shape index (κ1) is 24.0. The third kappa shape index (κ3) is 5.60. The molecule has 0 heterocycles. The summed E-state index contributed by atoms with van der Waals surface area (Å²) >= 11 is 0. The normalized spacial score (nSPS) is 11.4. The molecule has 0 amide bonds. The van der Waals surface area contributed by atoms with Crippen LogP contribution in [0, 0.1) is 18.3 Å². The number of benzene rings is 3. The van der Waals surface area contributed by atoms with E-state index in [9.17, 15) is 18.5 Å². The lowest BCUT2D eigenvalue weighted by atomic mass is 9.73. The monoisotopic (exact) mass is 462 g/mol. The van der Waals surface area contributed by atoms with Gasteiger partial charge in [0.15, 0.2) is 0 Å². The topological polar surface area (TPSA) is 87.5 Å². The Bertz CT molecular complexity index is 1200. The Kier molecular flexibility index (Phi) is 7.52. The van der Waals surface area contributed by atoms with Gasteiger partial charge in [-0.15, -0.1) is 0 Å². The van der Waals surface area contributed by atoms with Crippen molar-refractivity contribution >= 4 is 21.7 Å². The Morgan fingerprint density at radius 1 is 0.939 bits per heavy atom. The van der Waals surface area contributed by atoms with Gasteiger partial charge in [-0.1, -0.05) is 78.9 Å². The van der Waals surface area contributed by atoms with E-state index in [1.165, 1.54) is 0 Å². The average molecular weight is 463 g/mol. The van der Waals surface area contributed by atoms with Crippen molar-refractivity contribution in [1.82, 2.24) is 0 Å². The van der Waals surface area contributed by atoms with Gasteiger partial charge in [0.2, 0.25) is 10.0 Å². The second-order valence-corrected chi connectivity index (χ2v) is 9.68. The van der Waals surface area contributed by atoms with Gasteiger partial charge >= 0.3 is 5.97 Å². The molecule has 0 unspecified atom stereocenters. The van der Waals surface area contributed by atoms with Crippen LogP contribution in [0.2, 0.25) is 0 Å². The molecule has 0 fully saturated rings. The number of carbonyl (C=O) groups excluding carboxylic acids is 1. The van der Waals surface area contributed by atoms with E-state index < -0.39 is 28.0 Å². The number of ether oxygens (including phenoxy) is 1. The zero-order valence-electron chi connectivity index (χ0n) is 18.6. The molecular formula is C26H26N2O4S. The van der Waals surface area contributed by atoms with E-state index in [1.54, 1.807) is 31.2 Å². The fraction of sp³-hybridized carbons (Fsp3) is 0.231. The summed E-state index contributed by atoms with van der Waals surface area (Å²) in [5, 5.41) is 10.2. The lowest BCUT2D eigenvalue weighted by Crippen LogP contribution is -2.37. The van der Waals surface area contributed by atoms with E-state index in [0.717, 1.165) is 27.3 Å². The molecule has 33 heavy (non-hydrogen) atoms. The van der Waals surface area contributed by atoms with Gasteiger partial charge < -0.3 is 4.74 Å². The predicted molar refractivity (Wildman–Crippen MR) is 128 cm³/mol. The molecule has 0 aliphatic heterocycles. The van der Waals surface area contributed by atoms with Crippen LogP contribution in [0.3, 0.4) is 0 Å². The second kappa shape index (κ2) is 10.3. The summed E-state index contributed by atoms with van der Waals surface area (Å²) in [6.07, 6.45) is 1.28. The van der Waals surface area contributed by atoms with Crippen LogP contribution in [0.15, 0.2) is 84.9 Å². The van der Waals surface area contributed by atoms with Crippen LogP contribution >= 0.6 is 0 Å². The highest BCUT2D eigenvalue weighted by Crippen LogP contribution is 2.35. The smallest absolute Gasteiger partial charge is 0.326 e. The first-order chi connectivity index (χ1) is 15.8. The number of anilines is 1. The Morgan fingerprint density at radius 3 is 1.94 bits per heavy atom. The van der Waals surface area contributed by atoms with E-state index in [2.05, 4.69) is 6.07 Å². The van der Waals surface area contributed by atoms with Crippen molar-refractivity contribution in [3.63, 3.8) is 0 Å². The predicted octanol–water partition coefficient (Wildman–Crippen LogP) is 4.20. The van der Waals surface area contributed by atoms with Gasteiger partial charge in [0.05, 0.1) is 24.6 Å². The van der Waals surface area contributed by atoms with Crippen molar-refractivity contribution in [1.29, 1.82) is 5.26 Å². The first-order valence-electron chi connectivity index (χ1n) is 10.5. The maximum absolute atomic E-state index is 12.6. The number of nitriles is 1. The first-order valence-corrected chi connectivity index (χ1v) is 12.3. The third-order valence-corrected chi connectivity index (χ3v) is 6.65. The SMILES string of the molecule is Cc1ccccc1N(CC(=O)OCCC(C#N)(c1ccccc1)c1ccccc1)S(C)(=O)=O. The molecule has 0 N–H and O–H groups in total. The molecule has 0 atom stereocenters.